The molecule has 1 heterocycles. The van der Waals surface area contributed by atoms with Crippen LogP contribution in [0, 0.1) is 29.6 Å². The average molecular weight is 419 g/mol. The zero-order valence-corrected chi connectivity index (χ0v) is 18.6. The lowest BCUT2D eigenvalue weighted by Gasteiger charge is -2.34. The van der Waals surface area contributed by atoms with Crippen molar-refractivity contribution in [2.45, 2.75) is 63.8 Å². The summed E-state index contributed by atoms with van der Waals surface area (Å²) in [5.74, 6) is 2.67. The molecule has 0 aromatic heterocycles. The largest absolute Gasteiger partial charge is 0.349 e. The van der Waals surface area contributed by atoms with Crippen molar-refractivity contribution in [3.05, 3.63) is 29.8 Å². The zero-order valence-electron chi connectivity index (χ0n) is 17.8. The maximum atomic E-state index is 13.2. The van der Waals surface area contributed by atoms with E-state index in [2.05, 4.69) is 26.1 Å². The van der Waals surface area contributed by atoms with Gasteiger partial charge in [0, 0.05) is 24.7 Å². The number of nitrogens with one attached hydrogen (secondary N) is 1. The van der Waals surface area contributed by atoms with Crippen molar-refractivity contribution in [3.63, 3.8) is 0 Å². The van der Waals surface area contributed by atoms with Crippen molar-refractivity contribution in [1.82, 2.24) is 9.62 Å². The predicted octanol–water partition coefficient (Wildman–Crippen LogP) is 3.91. The molecule has 3 aliphatic rings. The standard InChI is InChI=1S/C23H34N2O3S/c1-15-9-16(2)14-25(13-15)29(27,28)21-6-4-5-20(12-21)23(26)24-17(3)22-11-18-7-8-19(22)10-18/h4-6,12,15-19,22H,7-11,13-14H2,1-3H3,(H,24,26)/t15-,16-,17-,18-,19+,22-/m1/s1. The maximum Gasteiger partial charge on any atom is 0.251 e. The number of amides is 1. The molecule has 0 unspecified atom stereocenters. The first-order chi connectivity index (χ1) is 13.7. The zero-order chi connectivity index (χ0) is 20.8. The van der Waals surface area contributed by atoms with Crippen LogP contribution in [-0.2, 0) is 10.0 Å². The quantitative estimate of drug-likeness (QED) is 0.788. The number of fused-ring (bicyclic) bond motifs is 2. The summed E-state index contributed by atoms with van der Waals surface area (Å²) in [6.07, 6.45) is 6.21. The van der Waals surface area contributed by atoms with E-state index in [0.29, 0.717) is 36.4 Å². The maximum absolute atomic E-state index is 13.2. The molecular weight excluding hydrogens is 384 g/mol. The molecule has 4 rings (SSSR count). The molecule has 0 radical (unpaired) electrons. The number of carbonyl (C=O) groups is 1. The van der Waals surface area contributed by atoms with E-state index in [9.17, 15) is 13.2 Å². The Morgan fingerprint density at radius 1 is 1.10 bits per heavy atom. The number of sulfonamides is 1. The fraction of sp³-hybridized carbons (Fsp3) is 0.696. The highest BCUT2D eigenvalue weighted by molar-refractivity contribution is 7.89. The molecule has 1 N–H and O–H groups in total. The molecule has 6 atom stereocenters. The summed E-state index contributed by atoms with van der Waals surface area (Å²) in [6, 6.07) is 6.67. The normalized spacial score (nSPS) is 33.6. The topological polar surface area (TPSA) is 66.5 Å². The first-order valence-electron chi connectivity index (χ1n) is 11.1. The van der Waals surface area contributed by atoms with Gasteiger partial charge in [-0.05, 0) is 80.4 Å². The summed E-state index contributed by atoms with van der Waals surface area (Å²) in [5.41, 5.74) is 0.430. The minimum atomic E-state index is -3.58. The van der Waals surface area contributed by atoms with Crippen molar-refractivity contribution < 1.29 is 13.2 Å². The lowest BCUT2D eigenvalue weighted by molar-refractivity contribution is 0.0915. The predicted molar refractivity (Wildman–Crippen MR) is 114 cm³/mol. The fourth-order valence-electron chi connectivity index (χ4n) is 6.05. The molecule has 0 spiro atoms. The molecule has 5 nitrogen and oxygen atoms in total. The van der Waals surface area contributed by atoms with E-state index >= 15 is 0 Å². The van der Waals surface area contributed by atoms with Gasteiger partial charge in [0.2, 0.25) is 10.0 Å². The van der Waals surface area contributed by atoms with Gasteiger partial charge in [0.05, 0.1) is 4.90 Å². The van der Waals surface area contributed by atoms with Crippen LogP contribution >= 0.6 is 0 Å². The highest BCUT2D eigenvalue weighted by atomic mass is 32.2. The molecule has 160 valence electrons. The van der Waals surface area contributed by atoms with Crippen LogP contribution in [0.5, 0.6) is 0 Å². The van der Waals surface area contributed by atoms with Crippen molar-refractivity contribution in [3.8, 4) is 0 Å². The van der Waals surface area contributed by atoms with Gasteiger partial charge in [-0.2, -0.15) is 4.31 Å². The second-order valence-corrected chi connectivity index (χ2v) is 11.8. The summed E-state index contributed by atoms with van der Waals surface area (Å²) in [6.45, 7) is 7.38. The molecule has 1 aromatic rings. The summed E-state index contributed by atoms with van der Waals surface area (Å²) >= 11 is 0. The first-order valence-corrected chi connectivity index (χ1v) is 12.6. The van der Waals surface area contributed by atoms with Crippen molar-refractivity contribution in [2.24, 2.45) is 29.6 Å². The number of benzene rings is 1. The number of nitrogens with zero attached hydrogens (tertiary/aromatic N) is 1. The van der Waals surface area contributed by atoms with Crippen LogP contribution in [0.4, 0.5) is 0 Å². The molecule has 2 bridgehead atoms. The molecule has 3 fully saturated rings. The molecule has 6 heteroatoms. The smallest absolute Gasteiger partial charge is 0.251 e. The van der Waals surface area contributed by atoms with Gasteiger partial charge in [-0.1, -0.05) is 26.3 Å². The van der Waals surface area contributed by atoms with Gasteiger partial charge < -0.3 is 5.32 Å². The van der Waals surface area contributed by atoms with E-state index in [0.717, 1.165) is 18.3 Å². The van der Waals surface area contributed by atoms with Crippen LogP contribution < -0.4 is 5.32 Å². The van der Waals surface area contributed by atoms with E-state index in [1.165, 1.54) is 25.7 Å². The highest BCUT2D eigenvalue weighted by Gasteiger charge is 2.42. The van der Waals surface area contributed by atoms with Crippen LogP contribution in [-0.4, -0.2) is 37.8 Å². The van der Waals surface area contributed by atoms with Crippen LogP contribution in [0.1, 0.15) is 63.2 Å². The van der Waals surface area contributed by atoms with Gasteiger partial charge in [-0.25, -0.2) is 8.42 Å². The number of rotatable bonds is 5. The number of piperidine rings is 1. The lowest BCUT2D eigenvalue weighted by atomic mass is 9.84. The molecule has 1 saturated heterocycles. The Labute approximate surface area is 175 Å². The van der Waals surface area contributed by atoms with E-state index in [1.807, 2.05) is 0 Å². The lowest BCUT2D eigenvalue weighted by Crippen LogP contribution is -2.42. The summed E-state index contributed by atoms with van der Waals surface area (Å²) in [7, 11) is -3.58. The first kappa shape index (κ1) is 20.9. The Hall–Kier alpha value is -1.40. The molecule has 1 aliphatic heterocycles. The Balaban J connectivity index is 1.47. The Morgan fingerprint density at radius 2 is 1.83 bits per heavy atom. The molecule has 2 aliphatic carbocycles. The van der Waals surface area contributed by atoms with E-state index < -0.39 is 10.0 Å². The van der Waals surface area contributed by atoms with Crippen molar-refractivity contribution >= 4 is 15.9 Å². The van der Waals surface area contributed by atoms with Gasteiger partial charge in [-0.15, -0.1) is 0 Å². The summed E-state index contributed by atoms with van der Waals surface area (Å²) < 4.78 is 27.9. The third-order valence-electron chi connectivity index (χ3n) is 7.36. The second-order valence-electron chi connectivity index (χ2n) is 9.90. The highest BCUT2D eigenvalue weighted by Crippen LogP contribution is 2.49. The third-order valence-corrected chi connectivity index (χ3v) is 9.19. The van der Waals surface area contributed by atoms with E-state index in [1.54, 1.807) is 28.6 Å². The minimum absolute atomic E-state index is 0.127. The van der Waals surface area contributed by atoms with Gasteiger partial charge in [0.25, 0.3) is 5.91 Å². The minimum Gasteiger partial charge on any atom is -0.349 e. The summed E-state index contributed by atoms with van der Waals surface area (Å²) in [5, 5.41) is 3.15. The van der Waals surface area contributed by atoms with Crippen LogP contribution in [0.3, 0.4) is 0 Å². The van der Waals surface area contributed by atoms with Crippen LogP contribution in [0.2, 0.25) is 0 Å². The third kappa shape index (κ3) is 4.24. The van der Waals surface area contributed by atoms with E-state index in [-0.39, 0.29) is 16.8 Å². The summed E-state index contributed by atoms with van der Waals surface area (Å²) in [4.78, 5) is 13.1. The van der Waals surface area contributed by atoms with Crippen molar-refractivity contribution in [1.29, 1.82) is 0 Å². The van der Waals surface area contributed by atoms with Gasteiger partial charge in [0.1, 0.15) is 0 Å². The number of hydrogen-bond donors (Lipinski definition) is 1. The van der Waals surface area contributed by atoms with Gasteiger partial charge in [0.15, 0.2) is 0 Å². The average Bonchev–Trinajstić information content (AvgIpc) is 3.31. The Morgan fingerprint density at radius 3 is 2.45 bits per heavy atom. The molecule has 29 heavy (non-hydrogen) atoms. The van der Waals surface area contributed by atoms with Crippen LogP contribution in [0.25, 0.3) is 0 Å². The molecule has 1 amide bonds. The number of hydrogen-bond acceptors (Lipinski definition) is 3. The Kier molecular flexibility index (Phi) is 5.77. The molecule has 2 saturated carbocycles. The molecule has 1 aromatic carbocycles. The second kappa shape index (κ2) is 8.03. The van der Waals surface area contributed by atoms with Crippen molar-refractivity contribution in [2.75, 3.05) is 13.1 Å². The molecular formula is C23H34N2O3S. The van der Waals surface area contributed by atoms with E-state index in [4.69, 9.17) is 0 Å². The number of carbonyl (C=O) groups excluding carboxylic acids is 1. The van der Waals surface area contributed by atoms with Crippen LogP contribution in [0.15, 0.2) is 29.2 Å². The monoisotopic (exact) mass is 418 g/mol. The Bertz CT molecular complexity index is 859. The van der Waals surface area contributed by atoms with Gasteiger partial charge in [-0.3, -0.25) is 4.79 Å². The SMILES string of the molecule is C[C@@H]1C[C@@H](C)CN(S(=O)(=O)c2cccc(C(=O)N[C@H](C)[C@H]3C[C@@H]4CC[C@H]3C4)c2)C1. The fourth-order valence-corrected chi connectivity index (χ4v) is 7.78. The van der Waals surface area contributed by atoms with Gasteiger partial charge >= 0.3 is 0 Å².